The molecule has 0 unspecified atom stereocenters. The third kappa shape index (κ3) is 8.13. The van der Waals surface area contributed by atoms with Crippen LogP contribution in [0.3, 0.4) is 0 Å². The monoisotopic (exact) mass is 754 g/mol. The number of Topliss-reactive ketones (excluding diaryl/α,β-unsaturated/α-hetero) is 1. The molecule has 6 rings (SSSR count). The summed E-state index contributed by atoms with van der Waals surface area (Å²) in [6.45, 7) is 19.1. The third-order valence-corrected chi connectivity index (χ3v) is 11.7. The smallest absolute Gasteiger partial charge is 0.664 e. The molecule has 9 nitrogen and oxygen atoms in total. The number of rotatable bonds is 12. The summed E-state index contributed by atoms with van der Waals surface area (Å²) in [4.78, 5) is 56.2. The Labute approximate surface area is 341 Å². The molecule has 3 atom stereocenters. The molecule has 0 aromatic carbocycles. The van der Waals surface area contributed by atoms with Gasteiger partial charge in [0.1, 0.15) is 12.5 Å². The second-order valence-corrected chi connectivity index (χ2v) is 15.6. The number of ether oxygens (including phenoxy) is 2. The van der Waals surface area contributed by atoms with Crippen molar-refractivity contribution in [1.29, 1.82) is 0 Å². The first-order chi connectivity index (χ1) is 25.8. The van der Waals surface area contributed by atoms with Crippen molar-refractivity contribution in [1.82, 2.24) is 15.0 Å². The largest absolute Gasteiger partial charge is 2.00 e. The second kappa shape index (κ2) is 17.4. The summed E-state index contributed by atoms with van der Waals surface area (Å²) in [6, 6.07) is 0. The molecule has 1 aliphatic carbocycles. The molecule has 0 spiro atoms. The van der Waals surface area contributed by atoms with Crippen molar-refractivity contribution < 1.29 is 23.9 Å². The third-order valence-electron chi connectivity index (χ3n) is 11.7. The summed E-state index contributed by atoms with van der Waals surface area (Å²) >= 11 is 0. The normalized spacial score (nSPS) is 22.3. The zero-order valence-corrected chi connectivity index (χ0v) is 35.7. The molecule has 0 N–H and O–H groups in total. The number of hydrogen-bond acceptors (Lipinski definition) is 5. The molecule has 2 aliphatic heterocycles. The van der Waals surface area contributed by atoms with E-state index in [1.165, 1.54) is 19.1 Å². The molecule has 288 valence electrons. The van der Waals surface area contributed by atoms with Crippen LogP contribution in [0.4, 0.5) is 0 Å². The molecular formula is C45H54MgN4O5-2. The molecule has 5 heterocycles. The minimum absolute atomic E-state index is 0. The van der Waals surface area contributed by atoms with E-state index in [1.54, 1.807) is 0 Å². The number of esters is 2. The maximum Gasteiger partial charge on any atom is 2.00 e. The van der Waals surface area contributed by atoms with Crippen LogP contribution in [0.15, 0.2) is 23.0 Å². The number of allylic oxidation sites excluding steroid dienone is 3. The average Bonchev–Trinajstić information content (AvgIpc) is 3.87. The van der Waals surface area contributed by atoms with Crippen molar-refractivity contribution >= 4 is 64.6 Å². The van der Waals surface area contributed by atoms with Crippen LogP contribution in [0.1, 0.15) is 135 Å². The van der Waals surface area contributed by atoms with Crippen LogP contribution in [-0.4, -0.2) is 54.5 Å². The van der Waals surface area contributed by atoms with Gasteiger partial charge in [-0.25, -0.2) is 0 Å². The number of carbonyl (C=O) groups is 3. The van der Waals surface area contributed by atoms with Crippen LogP contribution in [0.25, 0.3) is 29.1 Å². The molecule has 3 aromatic heterocycles. The quantitative estimate of drug-likeness (QED) is 0.0869. The van der Waals surface area contributed by atoms with Crippen molar-refractivity contribution in [3.05, 3.63) is 95.2 Å². The Balaban J connectivity index is 0.00000580. The number of fused-ring (bicyclic) bond motifs is 7. The number of methoxy groups -OCH3 is 1. The van der Waals surface area contributed by atoms with Crippen molar-refractivity contribution in [2.45, 2.75) is 107 Å². The van der Waals surface area contributed by atoms with Gasteiger partial charge in [0, 0.05) is 12.0 Å². The first kappa shape index (κ1) is 42.1. The Morgan fingerprint density at radius 3 is 2.25 bits per heavy atom. The summed E-state index contributed by atoms with van der Waals surface area (Å²) in [5, 5.41) is 6.89. The van der Waals surface area contributed by atoms with Crippen LogP contribution >= 0.6 is 0 Å². The van der Waals surface area contributed by atoms with Crippen molar-refractivity contribution in [2.75, 3.05) is 13.7 Å². The average molecular weight is 755 g/mol. The van der Waals surface area contributed by atoms with Crippen LogP contribution in [0, 0.1) is 44.4 Å². The zero-order valence-electron chi connectivity index (χ0n) is 34.3. The maximum absolute atomic E-state index is 14.3. The Bertz CT molecular complexity index is 2210. The standard InChI is InChI=1S/C45H55N4O5.Mg/c1-11-29-25(6)32-20-34-27(8)31(16-17-38(50)54-19-18-24(5)15-13-14-23(3)4)42(48-34)40-41(45(52)53-10)44(51)39-28(9)35(49-43(39)40)22-37-30(12-2)26(7)33(47-37)21-36(29)46-32;/h18,20-23,27,31,41H,11-17,19H2,1-10H3,(H-,48,49,51);/q-3;+2/p-1/b24-18-,33-21-,34-20-,37-22-;/t27-,31-,41+;/m0./s1. The Kier molecular flexibility index (Phi) is 13.3. The fourth-order valence-corrected chi connectivity index (χ4v) is 8.38. The summed E-state index contributed by atoms with van der Waals surface area (Å²) in [5.74, 6) is -2.28. The number of hydrogen-bond donors (Lipinski definition) is 0. The molecule has 8 bridgehead atoms. The van der Waals surface area contributed by atoms with Gasteiger partial charge in [-0.1, -0.05) is 98.2 Å². The molecule has 1 saturated heterocycles. The molecule has 10 heteroatoms. The SMILES string of the molecule is CCc1c2[n-]c(c1C)/C=C1\[N-]/C(=C3\c4[n-]c(c(C)c4C(=O)[C@@H]3C(=O)OC)/C=c3\[n-]/c(c(C)c3CC)=C\2)[C@@H](CCC(=O)OC/C=C(/C)CCCC(C)C)[C@@H]1C.[Mg+2]. The van der Waals surface area contributed by atoms with E-state index >= 15 is 0 Å². The number of aromatic nitrogens is 3. The van der Waals surface area contributed by atoms with Gasteiger partial charge in [0.05, 0.1) is 7.11 Å². The Hall–Kier alpha value is -4.02. The Morgan fingerprint density at radius 1 is 0.891 bits per heavy atom. The molecule has 0 radical (unpaired) electrons. The summed E-state index contributed by atoms with van der Waals surface area (Å²) in [6.07, 6.45) is 13.5. The topological polar surface area (TPSA) is 126 Å². The second-order valence-electron chi connectivity index (χ2n) is 15.6. The summed E-state index contributed by atoms with van der Waals surface area (Å²) in [5.41, 5.74) is 11.4. The van der Waals surface area contributed by atoms with E-state index in [4.69, 9.17) is 29.7 Å². The number of nitrogens with zero attached hydrogens (tertiary/aromatic N) is 4. The molecule has 3 aromatic rings. The van der Waals surface area contributed by atoms with Crippen molar-refractivity contribution in [2.24, 2.45) is 23.7 Å². The van der Waals surface area contributed by atoms with Crippen LogP contribution < -0.4 is 25.7 Å². The minimum atomic E-state index is -1.20. The van der Waals surface area contributed by atoms with Gasteiger partial charge in [-0.05, 0) is 83.6 Å². The molecule has 3 aliphatic rings. The van der Waals surface area contributed by atoms with Gasteiger partial charge in [0.2, 0.25) is 0 Å². The molecule has 1 fully saturated rings. The predicted molar refractivity (Wildman–Crippen MR) is 218 cm³/mol. The van der Waals surface area contributed by atoms with Gasteiger partial charge in [0.25, 0.3) is 0 Å². The molecule has 0 amide bonds. The summed E-state index contributed by atoms with van der Waals surface area (Å²) in [7, 11) is 1.30. The van der Waals surface area contributed by atoms with Crippen molar-refractivity contribution in [3.8, 4) is 0 Å². The van der Waals surface area contributed by atoms with Gasteiger partial charge < -0.3 is 29.7 Å². The van der Waals surface area contributed by atoms with E-state index in [2.05, 4.69) is 61.5 Å². The van der Waals surface area contributed by atoms with E-state index in [-0.39, 0.29) is 59.7 Å². The number of carbonyl (C=O) groups excluding carboxylic acids is 3. The first-order valence-corrected chi connectivity index (χ1v) is 19.6. The zero-order chi connectivity index (χ0) is 39.0. The Morgan fingerprint density at radius 2 is 1.58 bits per heavy atom. The van der Waals surface area contributed by atoms with E-state index in [9.17, 15) is 14.4 Å². The fraction of sp³-hybridized carbons (Fsp3) is 0.489. The van der Waals surface area contributed by atoms with Crippen LogP contribution in [0.2, 0.25) is 0 Å². The van der Waals surface area contributed by atoms with Gasteiger partial charge in [-0.15, -0.1) is 33.5 Å². The van der Waals surface area contributed by atoms with Gasteiger partial charge >= 0.3 is 35.0 Å². The fourth-order valence-electron chi connectivity index (χ4n) is 8.38. The molecular weight excluding hydrogens is 701 g/mol. The van der Waals surface area contributed by atoms with E-state index in [1.807, 2.05) is 25.2 Å². The number of ketones is 1. The van der Waals surface area contributed by atoms with Crippen molar-refractivity contribution in [3.63, 3.8) is 0 Å². The maximum atomic E-state index is 14.3. The van der Waals surface area contributed by atoms with Crippen LogP contribution in [0.5, 0.6) is 0 Å². The van der Waals surface area contributed by atoms with E-state index in [0.717, 1.165) is 75.7 Å². The first-order valence-electron chi connectivity index (χ1n) is 19.6. The molecule has 55 heavy (non-hydrogen) atoms. The van der Waals surface area contributed by atoms with E-state index in [0.29, 0.717) is 46.1 Å². The van der Waals surface area contributed by atoms with E-state index < -0.39 is 11.9 Å². The predicted octanol–water partition coefficient (Wildman–Crippen LogP) is 6.67. The van der Waals surface area contributed by atoms with Gasteiger partial charge in [0.15, 0.2) is 5.78 Å². The van der Waals surface area contributed by atoms with Gasteiger partial charge in [-0.2, -0.15) is 11.4 Å². The summed E-state index contributed by atoms with van der Waals surface area (Å²) < 4.78 is 10.9. The van der Waals surface area contributed by atoms with Gasteiger partial charge in [-0.3, -0.25) is 14.4 Å². The molecule has 0 saturated carbocycles. The van der Waals surface area contributed by atoms with Crippen LogP contribution in [-0.2, 0) is 31.9 Å². The minimum Gasteiger partial charge on any atom is -0.664 e.